The molecule has 2 aromatic rings. The molecule has 26 heavy (non-hydrogen) atoms. The van der Waals surface area contributed by atoms with Gasteiger partial charge >= 0.3 is 0 Å². The molecule has 1 aromatic carbocycles. The van der Waals surface area contributed by atoms with Gasteiger partial charge in [-0.05, 0) is 44.3 Å². The molecule has 7 nitrogen and oxygen atoms in total. The standard InChI is InChI=1S/C19H21N3O4/c1-5-11(2)26-16-9-6-13-10-14(7-8-15(13)22-16)21-19(25)17(20-4)18(24)12(3)23/h6-11,23-24H,3-5H2,1-2H3,(H,21,25)/b18-17+. The monoisotopic (exact) mass is 355 g/mol. The first kappa shape index (κ1) is 19.0. The molecule has 0 aliphatic carbocycles. The highest BCUT2D eigenvalue weighted by Crippen LogP contribution is 2.22. The molecule has 0 aliphatic rings. The third-order valence-electron chi connectivity index (χ3n) is 3.69. The van der Waals surface area contributed by atoms with E-state index in [9.17, 15) is 15.0 Å². The maximum Gasteiger partial charge on any atom is 0.278 e. The van der Waals surface area contributed by atoms with Crippen LogP contribution in [0.1, 0.15) is 20.3 Å². The zero-order valence-electron chi connectivity index (χ0n) is 14.7. The SMILES string of the molecule is C=N/C(C(=O)Nc1ccc2nc(OC(C)CC)ccc2c1)=C(/O)C(=C)O. The predicted molar refractivity (Wildman–Crippen MR) is 102 cm³/mol. The third-order valence-corrected chi connectivity index (χ3v) is 3.69. The summed E-state index contributed by atoms with van der Waals surface area (Å²) in [5.74, 6) is -1.58. The number of nitrogens with zero attached hydrogens (tertiary/aromatic N) is 2. The number of rotatable bonds is 7. The highest BCUT2D eigenvalue weighted by molar-refractivity contribution is 6.05. The third kappa shape index (κ3) is 4.38. The second-order valence-electron chi connectivity index (χ2n) is 5.65. The van der Waals surface area contributed by atoms with E-state index < -0.39 is 23.1 Å². The number of hydrogen-bond acceptors (Lipinski definition) is 6. The Labute approximate surface area is 151 Å². The minimum absolute atomic E-state index is 0.0732. The lowest BCUT2D eigenvalue weighted by Crippen LogP contribution is -2.15. The van der Waals surface area contributed by atoms with Gasteiger partial charge in [0.05, 0.1) is 11.6 Å². The molecule has 0 saturated carbocycles. The van der Waals surface area contributed by atoms with E-state index in [1.807, 2.05) is 19.9 Å². The zero-order chi connectivity index (χ0) is 19.3. The number of aliphatic imine (C=N–C) groups is 1. The van der Waals surface area contributed by atoms with Crippen LogP contribution < -0.4 is 10.1 Å². The predicted octanol–water partition coefficient (Wildman–Crippen LogP) is 3.89. The van der Waals surface area contributed by atoms with Crippen molar-refractivity contribution in [2.75, 3.05) is 5.32 Å². The van der Waals surface area contributed by atoms with Crippen molar-refractivity contribution in [3.05, 3.63) is 54.1 Å². The fourth-order valence-corrected chi connectivity index (χ4v) is 2.12. The summed E-state index contributed by atoms with van der Waals surface area (Å²) >= 11 is 0. The van der Waals surface area contributed by atoms with Crippen LogP contribution in [0.2, 0.25) is 0 Å². The van der Waals surface area contributed by atoms with Gasteiger partial charge in [0.25, 0.3) is 5.91 Å². The Kier molecular flexibility index (Phi) is 5.95. The average Bonchev–Trinajstić information content (AvgIpc) is 2.62. The second-order valence-corrected chi connectivity index (χ2v) is 5.65. The van der Waals surface area contributed by atoms with Gasteiger partial charge in [-0.15, -0.1) is 0 Å². The number of benzene rings is 1. The molecule has 1 aromatic heterocycles. The first-order valence-corrected chi connectivity index (χ1v) is 8.02. The number of hydrogen-bond donors (Lipinski definition) is 3. The summed E-state index contributed by atoms with van der Waals surface area (Å²) in [4.78, 5) is 20.0. The lowest BCUT2D eigenvalue weighted by Gasteiger charge is -2.12. The van der Waals surface area contributed by atoms with Crippen LogP contribution in [0.3, 0.4) is 0 Å². The fraction of sp³-hybridized carbons (Fsp3) is 0.211. The van der Waals surface area contributed by atoms with E-state index in [0.717, 1.165) is 11.8 Å². The molecule has 2 rings (SSSR count). The number of amides is 1. The molecule has 0 radical (unpaired) electrons. The van der Waals surface area contributed by atoms with Gasteiger partial charge < -0.3 is 20.3 Å². The number of fused-ring (bicyclic) bond motifs is 1. The molecule has 1 amide bonds. The topological polar surface area (TPSA) is 104 Å². The Morgan fingerprint density at radius 2 is 2.08 bits per heavy atom. The van der Waals surface area contributed by atoms with Gasteiger partial charge in [0.2, 0.25) is 5.88 Å². The Bertz CT molecular complexity index is 889. The zero-order valence-corrected chi connectivity index (χ0v) is 14.7. The minimum atomic E-state index is -0.730. The van der Waals surface area contributed by atoms with Crippen LogP contribution in [-0.2, 0) is 4.79 Å². The molecular weight excluding hydrogens is 334 g/mol. The van der Waals surface area contributed by atoms with E-state index in [1.165, 1.54) is 0 Å². The largest absolute Gasteiger partial charge is 0.505 e. The number of aliphatic hydroxyl groups is 2. The van der Waals surface area contributed by atoms with Crippen LogP contribution in [0, 0.1) is 0 Å². The Balaban J connectivity index is 2.25. The summed E-state index contributed by atoms with van der Waals surface area (Å²) in [5, 5.41) is 22.2. The van der Waals surface area contributed by atoms with Crippen molar-refractivity contribution in [1.82, 2.24) is 4.98 Å². The van der Waals surface area contributed by atoms with E-state index in [0.29, 0.717) is 17.1 Å². The van der Waals surface area contributed by atoms with E-state index >= 15 is 0 Å². The summed E-state index contributed by atoms with van der Waals surface area (Å²) in [6.07, 6.45) is 0.953. The number of aliphatic hydroxyl groups excluding tert-OH is 2. The van der Waals surface area contributed by atoms with Crippen LogP contribution in [0.4, 0.5) is 5.69 Å². The second kappa shape index (κ2) is 8.15. The van der Waals surface area contributed by atoms with Gasteiger partial charge in [0, 0.05) is 17.1 Å². The van der Waals surface area contributed by atoms with Crippen molar-refractivity contribution in [3.8, 4) is 5.88 Å². The van der Waals surface area contributed by atoms with E-state index in [4.69, 9.17) is 4.74 Å². The summed E-state index contributed by atoms with van der Waals surface area (Å²) in [6, 6.07) is 8.72. The molecule has 136 valence electrons. The van der Waals surface area contributed by atoms with Gasteiger partial charge in [-0.3, -0.25) is 9.79 Å². The molecule has 7 heteroatoms. The number of ether oxygens (including phenoxy) is 1. The molecule has 0 spiro atoms. The van der Waals surface area contributed by atoms with E-state index in [2.05, 4.69) is 28.6 Å². The van der Waals surface area contributed by atoms with Crippen molar-refractivity contribution in [2.45, 2.75) is 26.4 Å². The van der Waals surface area contributed by atoms with Crippen LogP contribution in [-0.4, -0.2) is 33.9 Å². The molecule has 0 aliphatic heterocycles. The number of nitrogens with one attached hydrogen (secondary N) is 1. The van der Waals surface area contributed by atoms with Gasteiger partial charge in [-0.2, -0.15) is 0 Å². The Hall–Kier alpha value is -3.35. The van der Waals surface area contributed by atoms with Gasteiger partial charge in [0.15, 0.2) is 17.2 Å². The molecule has 0 bridgehead atoms. The van der Waals surface area contributed by atoms with Crippen molar-refractivity contribution < 1.29 is 19.7 Å². The minimum Gasteiger partial charge on any atom is -0.505 e. The summed E-state index contributed by atoms with van der Waals surface area (Å²) in [7, 11) is 0. The smallest absolute Gasteiger partial charge is 0.278 e. The van der Waals surface area contributed by atoms with Crippen molar-refractivity contribution in [1.29, 1.82) is 0 Å². The molecule has 1 heterocycles. The summed E-state index contributed by atoms with van der Waals surface area (Å²) in [6.45, 7) is 10.4. The molecule has 1 unspecified atom stereocenters. The first-order valence-electron chi connectivity index (χ1n) is 8.02. The number of anilines is 1. The quantitative estimate of drug-likeness (QED) is 0.302. The van der Waals surface area contributed by atoms with Crippen molar-refractivity contribution in [2.24, 2.45) is 4.99 Å². The van der Waals surface area contributed by atoms with Gasteiger partial charge in [0.1, 0.15) is 0 Å². The van der Waals surface area contributed by atoms with Crippen molar-refractivity contribution in [3.63, 3.8) is 0 Å². The summed E-state index contributed by atoms with van der Waals surface area (Å²) in [5.41, 5.74) is 0.762. The highest BCUT2D eigenvalue weighted by atomic mass is 16.5. The molecule has 3 N–H and O–H groups in total. The Morgan fingerprint density at radius 3 is 2.69 bits per heavy atom. The normalized spacial score (nSPS) is 12.8. The summed E-state index contributed by atoms with van der Waals surface area (Å²) < 4.78 is 5.70. The van der Waals surface area contributed by atoms with Gasteiger partial charge in [-0.25, -0.2) is 4.98 Å². The molecule has 0 saturated heterocycles. The van der Waals surface area contributed by atoms with Crippen molar-refractivity contribution >= 4 is 29.2 Å². The van der Waals surface area contributed by atoms with Crippen LogP contribution in [0.15, 0.2) is 59.1 Å². The van der Waals surface area contributed by atoms with Gasteiger partial charge in [-0.1, -0.05) is 13.5 Å². The number of carbonyl (C=O) groups excluding carboxylic acids is 1. The maximum atomic E-state index is 12.2. The van der Waals surface area contributed by atoms with E-state index in [-0.39, 0.29) is 6.10 Å². The lowest BCUT2D eigenvalue weighted by atomic mass is 10.2. The maximum absolute atomic E-state index is 12.2. The average molecular weight is 355 g/mol. The number of pyridine rings is 1. The van der Waals surface area contributed by atoms with Crippen LogP contribution in [0.5, 0.6) is 5.88 Å². The van der Waals surface area contributed by atoms with Crippen LogP contribution >= 0.6 is 0 Å². The van der Waals surface area contributed by atoms with Crippen LogP contribution in [0.25, 0.3) is 10.9 Å². The molecular formula is C19H21N3O4. The highest BCUT2D eigenvalue weighted by Gasteiger charge is 2.16. The number of carbonyl (C=O) groups is 1. The fourth-order valence-electron chi connectivity index (χ4n) is 2.12. The Morgan fingerprint density at radius 1 is 1.35 bits per heavy atom. The molecule has 0 fully saturated rings. The van der Waals surface area contributed by atoms with E-state index in [1.54, 1.807) is 24.3 Å². The number of aromatic nitrogens is 1. The lowest BCUT2D eigenvalue weighted by molar-refractivity contribution is -0.113. The molecule has 1 atom stereocenters. The first-order chi connectivity index (χ1) is 12.3.